The summed E-state index contributed by atoms with van der Waals surface area (Å²) in [4.78, 5) is 17.3. The third-order valence-corrected chi connectivity index (χ3v) is 4.67. The third kappa shape index (κ3) is 3.14. The topological polar surface area (TPSA) is 54.5 Å². The van der Waals surface area contributed by atoms with Crippen LogP contribution in [0, 0.1) is 11.6 Å². The van der Waals surface area contributed by atoms with Crippen molar-refractivity contribution in [1.29, 1.82) is 0 Å². The molecule has 8 heteroatoms. The van der Waals surface area contributed by atoms with Crippen molar-refractivity contribution in [2.24, 2.45) is 0 Å². The summed E-state index contributed by atoms with van der Waals surface area (Å²) in [5, 5.41) is 2.65. The summed E-state index contributed by atoms with van der Waals surface area (Å²) in [7, 11) is 0. The van der Waals surface area contributed by atoms with Crippen LogP contribution < -0.4 is 15.0 Å². The van der Waals surface area contributed by atoms with E-state index in [1.165, 1.54) is 4.90 Å². The van der Waals surface area contributed by atoms with E-state index in [9.17, 15) is 13.6 Å². The van der Waals surface area contributed by atoms with Crippen molar-refractivity contribution in [3.63, 3.8) is 0 Å². The number of nitrogens with one attached hydrogen (secondary N) is 1. The molecule has 0 fully saturated rings. The number of benzene rings is 2. The quantitative estimate of drug-likeness (QED) is 0.620. The van der Waals surface area contributed by atoms with Crippen LogP contribution in [0.25, 0.3) is 11.1 Å². The molecule has 28 heavy (non-hydrogen) atoms. The highest BCUT2D eigenvalue weighted by Gasteiger charge is 2.34. The minimum absolute atomic E-state index is 0.407. The van der Waals surface area contributed by atoms with Crippen LogP contribution in [0.4, 0.5) is 25.0 Å². The molecule has 1 aliphatic heterocycles. The first kappa shape index (κ1) is 18.2. The second-order valence-corrected chi connectivity index (χ2v) is 6.57. The fourth-order valence-electron chi connectivity index (χ4n) is 3.07. The van der Waals surface area contributed by atoms with Crippen LogP contribution in [0.2, 0.25) is 5.02 Å². The van der Waals surface area contributed by atoms with E-state index in [0.717, 1.165) is 23.5 Å². The van der Waals surface area contributed by atoms with E-state index in [-0.39, 0.29) is 0 Å². The van der Waals surface area contributed by atoms with Crippen LogP contribution in [0.5, 0.6) is 5.75 Å². The molecule has 5 nitrogen and oxygen atoms in total. The van der Waals surface area contributed by atoms with E-state index in [1.807, 2.05) is 30.3 Å². The predicted molar refractivity (Wildman–Crippen MR) is 103 cm³/mol. The van der Waals surface area contributed by atoms with Gasteiger partial charge in [-0.2, -0.15) is 0 Å². The first-order valence-corrected chi connectivity index (χ1v) is 8.78. The van der Waals surface area contributed by atoms with Crippen LogP contribution in [0.1, 0.15) is 6.92 Å². The molecule has 0 aliphatic carbocycles. The standard InChI is InChI=1S/C20H14ClF2N3O2/c1-11-26(20(27)25-19-15(22)9-24-10-16(19)23)17-8-14(21)13(7-18(17)28-11)12-5-3-2-4-6-12/h2-11H,1H3,(H,24,25,27). The van der Waals surface area contributed by atoms with Crippen molar-refractivity contribution in [3.8, 4) is 16.9 Å². The van der Waals surface area contributed by atoms with E-state index in [0.29, 0.717) is 16.5 Å². The normalized spacial score (nSPS) is 15.1. The number of pyridine rings is 1. The molecule has 142 valence electrons. The number of rotatable bonds is 2. The molecule has 1 unspecified atom stereocenters. The summed E-state index contributed by atoms with van der Waals surface area (Å²) in [5.74, 6) is -1.50. The number of nitrogens with zero attached hydrogens (tertiary/aromatic N) is 2. The van der Waals surface area contributed by atoms with Crippen molar-refractivity contribution in [3.05, 3.63) is 71.5 Å². The lowest BCUT2D eigenvalue weighted by atomic mass is 10.0. The first-order valence-electron chi connectivity index (χ1n) is 8.40. The van der Waals surface area contributed by atoms with Gasteiger partial charge in [0.05, 0.1) is 23.1 Å². The molecule has 0 bridgehead atoms. The Balaban J connectivity index is 1.68. The number of hydrogen-bond acceptors (Lipinski definition) is 3. The molecule has 2 heterocycles. The molecule has 1 aromatic heterocycles. The zero-order chi connectivity index (χ0) is 19.8. The summed E-state index contributed by atoms with van der Waals surface area (Å²) in [6, 6.07) is 12.1. The highest BCUT2D eigenvalue weighted by Crippen LogP contribution is 2.44. The van der Waals surface area contributed by atoms with Gasteiger partial charge in [0.1, 0.15) is 11.4 Å². The maximum Gasteiger partial charge on any atom is 0.329 e. The Labute approximate surface area is 164 Å². The fraction of sp³-hybridized carbons (Fsp3) is 0.100. The molecule has 1 atom stereocenters. The Kier molecular flexibility index (Phi) is 4.60. The van der Waals surface area contributed by atoms with Crippen molar-refractivity contribution in [2.75, 3.05) is 10.2 Å². The SMILES string of the molecule is CC1Oc2cc(-c3ccccc3)c(Cl)cc2N1C(=O)Nc1c(F)cncc1F. The van der Waals surface area contributed by atoms with Gasteiger partial charge < -0.3 is 10.1 Å². The maximum absolute atomic E-state index is 13.8. The molecule has 1 N–H and O–H groups in total. The Morgan fingerprint density at radius 3 is 2.54 bits per heavy atom. The fourth-order valence-corrected chi connectivity index (χ4v) is 3.34. The molecule has 0 saturated carbocycles. The largest absolute Gasteiger partial charge is 0.468 e. The van der Waals surface area contributed by atoms with Gasteiger partial charge in [-0.15, -0.1) is 0 Å². The number of carbonyl (C=O) groups excluding carboxylic acids is 1. The van der Waals surface area contributed by atoms with Crippen LogP contribution in [-0.2, 0) is 0 Å². The van der Waals surface area contributed by atoms with Crippen molar-refractivity contribution in [1.82, 2.24) is 4.98 Å². The highest BCUT2D eigenvalue weighted by atomic mass is 35.5. The van der Waals surface area contributed by atoms with Crippen molar-refractivity contribution in [2.45, 2.75) is 13.2 Å². The minimum Gasteiger partial charge on any atom is -0.468 e. The van der Waals surface area contributed by atoms with Gasteiger partial charge in [0.2, 0.25) is 0 Å². The number of urea groups is 1. The van der Waals surface area contributed by atoms with Crippen LogP contribution in [0.15, 0.2) is 54.9 Å². The van der Waals surface area contributed by atoms with Gasteiger partial charge in [-0.3, -0.25) is 9.88 Å². The first-order chi connectivity index (χ1) is 13.5. The van der Waals surface area contributed by atoms with Gasteiger partial charge in [-0.05, 0) is 24.6 Å². The minimum atomic E-state index is -0.973. The van der Waals surface area contributed by atoms with Crippen molar-refractivity contribution >= 4 is 29.0 Å². The number of hydrogen-bond donors (Lipinski definition) is 1. The second kappa shape index (κ2) is 7.09. The van der Waals surface area contributed by atoms with Gasteiger partial charge in [0.25, 0.3) is 0 Å². The monoisotopic (exact) mass is 401 g/mol. The summed E-state index contributed by atoms with van der Waals surface area (Å²) >= 11 is 6.43. The molecule has 1 aliphatic rings. The summed E-state index contributed by atoms with van der Waals surface area (Å²) < 4.78 is 33.4. The zero-order valence-electron chi connectivity index (χ0n) is 14.6. The number of anilines is 2. The molecule has 0 radical (unpaired) electrons. The second-order valence-electron chi connectivity index (χ2n) is 6.16. The van der Waals surface area contributed by atoms with Gasteiger partial charge >= 0.3 is 6.03 Å². The van der Waals surface area contributed by atoms with Gasteiger partial charge in [-0.25, -0.2) is 13.6 Å². The molecule has 0 spiro atoms. The molecular formula is C20H14ClF2N3O2. The average molecular weight is 402 g/mol. The number of amides is 2. The number of aromatic nitrogens is 1. The molecule has 4 rings (SSSR count). The van der Waals surface area contributed by atoms with E-state index >= 15 is 0 Å². The maximum atomic E-state index is 13.8. The molecule has 0 saturated heterocycles. The van der Waals surface area contributed by atoms with Crippen LogP contribution in [-0.4, -0.2) is 17.2 Å². The number of carbonyl (C=O) groups is 1. The summed E-state index contributed by atoms with van der Waals surface area (Å²) in [6.07, 6.45) is 0.948. The lowest BCUT2D eigenvalue weighted by Crippen LogP contribution is -2.41. The van der Waals surface area contributed by atoms with Crippen LogP contribution >= 0.6 is 11.6 Å². The lowest BCUT2D eigenvalue weighted by Gasteiger charge is -2.21. The molecule has 3 aromatic rings. The average Bonchev–Trinajstić information content (AvgIpc) is 2.99. The number of fused-ring (bicyclic) bond motifs is 1. The van der Waals surface area contributed by atoms with E-state index < -0.39 is 29.6 Å². The van der Waals surface area contributed by atoms with Gasteiger partial charge in [0.15, 0.2) is 17.9 Å². The zero-order valence-corrected chi connectivity index (χ0v) is 15.4. The Morgan fingerprint density at radius 2 is 1.86 bits per heavy atom. The number of halogens is 3. The van der Waals surface area contributed by atoms with E-state index in [1.54, 1.807) is 19.1 Å². The smallest absolute Gasteiger partial charge is 0.329 e. The third-order valence-electron chi connectivity index (χ3n) is 4.36. The summed E-state index contributed by atoms with van der Waals surface area (Å²) in [6.45, 7) is 1.65. The molecule has 2 aromatic carbocycles. The number of ether oxygens (including phenoxy) is 1. The van der Waals surface area contributed by atoms with Gasteiger partial charge in [0, 0.05) is 5.56 Å². The lowest BCUT2D eigenvalue weighted by molar-refractivity contribution is 0.226. The highest BCUT2D eigenvalue weighted by molar-refractivity contribution is 6.34. The predicted octanol–water partition coefficient (Wildman–Crippen LogP) is 5.46. The molecule has 2 amide bonds. The van der Waals surface area contributed by atoms with Crippen LogP contribution in [0.3, 0.4) is 0 Å². The Hall–Kier alpha value is -3.19. The Morgan fingerprint density at radius 1 is 1.18 bits per heavy atom. The molecular weight excluding hydrogens is 388 g/mol. The van der Waals surface area contributed by atoms with Gasteiger partial charge in [-0.1, -0.05) is 41.9 Å². The van der Waals surface area contributed by atoms with Crippen molar-refractivity contribution < 1.29 is 18.3 Å². The summed E-state index contributed by atoms with van der Waals surface area (Å²) in [5.41, 5.74) is 1.48. The van der Waals surface area contributed by atoms with E-state index in [4.69, 9.17) is 16.3 Å². The van der Waals surface area contributed by atoms with E-state index in [2.05, 4.69) is 10.3 Å². The Bertz CT molecular complexity index is 1040.